The van der Waals surface area contributed by atoms with Crippen molar-refractivity contribution < 1.29 is 13.5 Å². The van der Waals surface area contributed by atoms with Gasteiger partial charge in [-0.25, -0.2) is 8.78 Å². The summed E-state index contributed by atoms with van der Waals surface area (Å²) in [5.41, 5.74) is 0.710. The summed E-state index contributed by atoms with van der Waals surface area (Å²) in [5.74, 6) is -0.479. The van der Waals surface area contributed by atoms with Gasteiger partial charge in [0.2, 0.25) is 0 Å². The second-order valence-corrected chi connectivity index (χ2v) is 4.97. The van der Waals surface area contributed by atoms with Gasteiger partial charge in [0.1, 0.15) is 24.0 Å². The van der Waals surface area contributed by atoms with Crippen LogP contribution in [0.25, 0.3) is 0 Å². The summed E-state index contributed by atoms with van der Waals surface area (Å²) in [7, 11) is 0. The Morgan fingerprint density at radius 1 is 1.11 bits per heavy atom. The van der Waals surface area contributed by atoms with Crippen molar-refractivity contribution in [3.63, 3.8) is 0 Å². The largest absolute Gasteiger partial charge is 0.489 e. The van der Waals surface area contributed by atoms with Gasteiger partial charge in [0.25, 0.3) is 0 Å². The van der Waals surface area contributed by atoms with Crippen LogP contribution in [0.1, 0.15) is 5.56 Å². The highest BCUT2D eigenvalue weighted by Gasteiger charge is 2.03. The van der Waals surface area contributed by atoms with Crippen molar-refractivity contribution in [2.45, 2.75) is 6.61 Å². The van der Waals surface area contributed by atoms with Gasteiger partial charge in [0.15, 0.2) is 0 Å². The molecule has 0 spiro atoms. The van der Waals surface area contributed by atoms with Crippen molar-refractivity contribution in [1.82, 2.24) is 0 Å². The monoisotopic (exact) mass is 332 g/mol. The zero-order valence-corrected chi connectivity index (χ0v) is 11.4. The topological polar surface area (TPSA) is 9.23 Å². The third-order valence-corrected chi connectivity index (χ3v) is 2.97. The van der Waals surface area contributed by atoms with E-state index in [2.05, 4.69) is 15.9 Å². The Bertz CT molecular complexity index is 555. The minimum absolute atomic E-state index is 0.0384. The average molecular weight is 334 g/mol. The van der Waals surface area contributed by atoms with Crippen LogP contribution >= 0.6 is 27.5 Å². The lowest BCUT2D eigenvalue weighted by atomic mass is 10.2. The third kappa shape index (κ3) is 3.43. The van der Waals surface area contributed by atoms with Crippen LogP contribution in [0.5, 0.6) is 5.75 Å². The Kier molecular flexibility index (Phi) is 4.19. The smallest absolute Gasteiger partial charge is 0.141 e. The molecule has 2 aromatic carbocycles. The predicted molar refractivity (Wildman–Crippen MR) is 69.8 cm³/mol. The number of benzene rings is 2. The lowest BCUT2D eigenvalue weighted by molar-refractivity contribution is 0.304. The van der Waals surface area contributed by atoms with Crippen LogP contribution < -0.4 is 4.74 Å². The maximum Gasteiger partial charge on any atom is 0.141 e. The summed E-state index contributed by atoms with van der Waals surface area (Å²) in [4.78, 5) is 0. The quantitative estimate of drug-likeness (QED) is 0.771. The van der Waals surface area contributed by atoms with Crippen molar-refractivity contribution in [2.24, 2.45) is 0 Å². The fourth-order valence-corrected chi connectivity index (χ4v) is 2.06. The van der Waals surface area contributed by atoms with E-state index < -0.39 is 11.6 Å². The first-order valence-electron chi connectivity index (χ1n) is 5.07. The van der Waals surface area contributed by atoms with Crippen LogP contribution in [0, 0.1) is 11.6 Å². The van der Waals surface area contributed by atoms with E-state index in [-0.39, 0.29) is 11.6 Å². The van der Waals surface area contributed by atoms with E-state index in [4.69, 9.17) is 16.3 Å². The third-order valence-electron chi connectivity index (χ3n) is 2.23. The standard InChI is InChI=1S/C13H8BrClF2O/c14-9-4-10(16)6-11(5-9)18-7-8-1-2-13(17)12(15)3-8/h1-6H,7H2. The van der Waals surface area contributed by atoms with Crippen LogP contribution in [0.15, 0.2) is 40.9 Å². The molecular weight excluding hydrogens is 325 g/mol. The van der Waals surface area contributed by atoms with Gasteiger partial charge >= 0.3 is 0 Å². The highest BCUT2D eigenvalue weighted by atomic mass is 79.9. The van der Waals surface area contributed by atoms with Crippen molar-refractivity contribution in [3.05, 3.63) is 63.1 Å². The van der Waals surface area contributed by atoms with Gasteiger partial charge in [-0.2, -0.15) is 0 Å². The molecule has 0 N–H and O–H groups in total. The summed E-state index contributed by atoms with van der Waals surface area (Å²) < 4.78 is 32.0. The van der Waals surface area contributed by atoms with Crippen molar-refractivity contribution in [3.8, 4) is 5.75 Å². The number of halogens is 4. The highest BCUT2D eigenvalue weighted by molar-refractivity contribution is 9.10. The minimum atomic E-state index is -0.478. The molecule has 1 nitrogen and oxygen atoms in total. The van der Waals surface area contributed by atoms with Crippen LogP contribution in [-0.4, -0.2) is 0 Å². The van der Waals surface area contributed by atoms with Crippen LogP contribution in [0.3, 0.4) is 0 Å². The fourth-order valence-electron chi connectivity index (χ4n) is 1.41. The molecule has 0 amide bonds. The SMILES string of the molecule is Fc1cc(Br)cc(OCc2ccc(F)c(Cl)c2)c1. The average Bonchev–Trinajstić information content (AvgIpc) is 2.29. The molecular formula is C13H8BrClF2O. The van der Waals surface area contributed by atoms with E-state index in [9.17, 15) is 8.78 Å². The molecule has 0 saturated heterocycles. The van der Waals surface area contributed by atoms with Gasteiger partial charge in [-0.15, -0.1) is 0 Å². The highest BCUT2D eigenvalue weighted by Crippen LogP contribution is 2.22. The van der Waals surface area contributed by atoms with E-state index in [0.29, 0.717) is 15.8 Å². The summed E-state index contributed by atoms with van der Waals surface area (Å²) in [5, 5.41) is 0.0384. The molecule has 5 heteroatoms. The maximum atomic E-state index is 13.1. The molecule has 0 radical (unpaired) electrons. The molecule has 94 valence electrons. The molecule has 0 fully saturated rings. The lowest BCUT2D eigenvalue weighted by Gasteiger charge is -2.07. The first-order chi connectivity index (χ1) is 8.54. The molecule has 0 aromatic heterocycles. The van der Waals surface area contributed by atoms with Crippen LogP contribution in [0.4, 0.5) is 8.78 Å². The second kappa shape index (κ2) is 5.67. The van der Waals surface area contributed by atoms with Gasteiger partial charge < -0.3 is 4.74 Å². The van der Waals surface area contributed by atoms with E-state index in [1.54, 1.807) is 12.1 Å². The second-order valence-electron chi connectivity index (χ2n) is 3.64. The Hall–Kier alpha value is -1.13. The molecule has 18 heavy (non-hydrogen) atoms. The zero-order chi connectivity index (χ0) is 13.1. The Morgan fingerprint density at radius 3 is 2.56 bits per heavy atom. The van der Waals surface area contributed by atoms with Crippen molar-refractivity contribution >= 4 is 27.5 Å². The minimum Gasteiger partial charge on any atom is -0.489 e. The predicted octanol–water partition coefficient (Wildman–Crippen LogP) is 4.96. The molecule has 0 bridgehead atoms. The molecule has 2 rings (SSSR count). The van der Waals surface area contributed by atoms with Crippen molar-refractivity contribution in [2.75, 3.05) is 0 Å². The van der Waals surface area contributed by atoms with Crippen LogP contribution in [0.2, 0.25) is 5.02 Å². The number of ether oxygens (including phenoxy) is 1. The van der Waals surface area contributed by atoms with E-state index in [1.165, 1.54) is 24.3 Å². The Balaban J connectivity index is 2.08. The molecule has 0 heterocycles. The maximum absolute atomic E-state index is 13.1. The normalized spacial score (nSPS) is 10.4. The number of hydrogen-bond acceptors (Lipinski definition) is 1. The molecule has 0 saturated carbocycles. The van der Waals surface area contributed by atoms with Crippen LogP contribution in [-0.2, 0) is 6.61 Å². The van der Waals surface area contributed by atoms with E-state index in [0.717, 1.165) is 0 Å². The van der Waals surface area contributed by atoms with Gasteiger partial charge in [-0.05, 0) is 29.8 Å². The van der Waals surface area contributed by atoms with Gasteiger partial charge in [0.05, 0.1) is 5.02 Å². The van der Waals surface area contributed by atoms with Gasteiger partial charge in [0, 0.05) is 10.5 Å². The van der Waals surface area contributed by atoms with Gasteiger partial charge in [-0.3, -0.25) is 0 Å². The Labute approximate surface area is 116 Å². The first-order valence-corrected chi connectivity index (χ1v) is 6.24. The zero-order valence-electron chi connectivity index (χ0n) is 9.09. The first kappa shape index (κ1) is 13.3. The molecule has 0 unspecified atom stereocenters. The summed E-state index contributed by atoms with van der Waals surface area (Å²) in [6, 6.07) is 8.56. The lowest BCUT2D eigenvalue weighted by Crippen LogP contribution is -1.96. The van der Waals surface area contributed by atoms with E-state index >= 15 is 0 Å². The van der Waals surface area contributed by atoms with E-state index in [1.807, 2.05) is 0 Å². The molecule has 0 aliphatic carbocycles. The number of rotatable bonds is 3. The summed E-state index contributed by atoms with van der Waals surface area (Å²) in [6.45, 7) is 0.190. The van der Waals surface area contributed by atoms with Crippen molar-refractivity contribution in [1.29, 1.82) is 0 Å². The van der Waals surface area contributed by atoms with Gasteiger partial charge in [-0.1, -0.05) is 33.6 Å². The Morgan fingerprint density at radius 2 is 1.89 bits per heavy atom. The molecule has 0 atom stereocenters. The molecule has 0 aliphatic rings. The number of hydrogen-bond donors (Lipinski definition) is 0. The molecule has 0 aliphatic heterocycles. The molecule has 2 aromatic rings. The summed E-state index contributed by atoms with van der Waals surface area (Å²) in [6.07, 6.45) is 0. The fraction of sp³-hybridized carbons (Fsp3) is 0.0769. The summed E-state index contributed by atoms with van der Waals surface area (Å²) >= 11 is 8.82.